The molecule has 1 aromatic heterocycles. The molecule has 3 rings (SSSR count). The second-order valence-electron chi connectivity index (χ2n) is 4.54. The van der Waals surface area contributed by atoms with Gasteiger partial charge in [-0.25, -0.2) is 4.39 Å². The molecular formula is C17H14FN. The topological polar surface area (TPSA) is 4.93 Å². The van der Waals surface area contributed by atoms with Gasteiger partial charge in [0.2, 0.25) is 0 Å². The van der Waals surface area contributed by atoms with E-state index in [1.165, 1.54) is 6.07 Å². The fourth-order valence-electron chi connectivity index (χ4n) is 2.33. The highest BCUT2D eigenvalue weighted by Crippen LogP contribution is 2.26. The normalized spacial score (nSPS) is 10.6. The fraction of sp³-hybridized carbons (Fsp3) is 0.0588. The average Bonchev–Trinajstić information content (AvgIpc) is 2.82. The van der Waals surface area contributed by atoms with Crippen LogP contribution in [0.15, 0.2) is 66.7 Å². The highest BCUT2D eigenvalue weighted by Gasteiger charge is 2.09. The molecule has 94 valence electrons. The maximum atomic E-state index is 13.4. The molecule has 0 spiro atoms. The van der Waals surface area contributed by atoms with Crippen molar-refractivity contribution in [2.45, 2.75) is 6.92 Å². The molecule has 3 aromatic rings. The van der Waals surface area contributed by atoms with E-state index in [2.05, 4.69) is 23.6 Å². The SMILES string of the molecule is Cc1ccc(-c2cccc(F)c2)n1-c1ccccc1. The van der Waals surface area contributed by atoms with Crippen LogP contribution in [-0.2, 0) is 0 Å². The van der Waals surface area contributed by atoms with Crippen molar-refractivity contribution in [2.75, 3.05) is 0 Å². The molecule has 0 saturated carbocycles. The molecule has 0 unspecified atom stereocenters. The molecule has 0 bridgehead atoms. The van der Waals surface area contributed by atoms with Crippen LogP contribution >= 0.6 is 0 Å². The summed E-state index contributed by atoms with van der Waals surface area (Å²) in [6, 6.07) is 20.9. The van der Waals surface area contributed by atoms with Crippen molar-refractivity contribution >= 4 is 0 Å². The third-order valence-corrected chi connectivity index (χ3v) is 3.21. The first-order valence-corrected chi connectivity index (χ1v) is 6.25. The predicted octanol–water partition coefficient (Wildman–Crippen LogP) is 4.59. The quantitative estimate of drug-likeness (QED) is 0.627. The molecule has 0 radical (unpaired) electrons. The van der Waals surface area contributed by atoms with Crippen molar-refractivity contribution in [3.05, 3.63) is 78.2 Å². The number of benzene rings is 2. The van der Waals surface area contributed by atoms with Crippen LogP contribution in [0.4, 0.5) is 4.39 Å². The first-order chi connectivity index (χ1) is 9.25. The lowest BCUT2D eigenvalue weighted by atomic mass is 10.1. The number of aryl methyl sites for hydroxylation is 1. The second-order valence-corrected chi connectivity index (χ2v) is 4.54. The predicted molar refractivity (Wildman–Crippen MR) is 75.9 cm³/mol. The number of hydrogen-bond donors (Lipinski definition) is 0. The first-order valence-electron chi connectivity index (χ1n) is 6.25. The van der Waals surface area contributed by atoms with E-state index in [1.54, 1.807) is 12.1 Å². The van der Waals surface area contributed by atoms with Gasteiger partial charge in [0, 0.05) is 16.9 Å². The summed E-state index contributed by atoms with van der Waals surface area (Å²) < 4.78 is 15.5. The number of rotatable bonds is 2. The van der Waals surface area contributed by atoms with Crippen LogP contribution < -0.4 is 0 Å². The summed E-state index contributed by atoms with van der Waals surface area (Å²) in [6.45, 7) is 2.05. The van der Waals surface area contributed by atoms with E-state index in [4.69, 9.17) is 0 Å². The Hall–Kier alpha value is -2.35. The van der Waals surface area contributed by atoms with Gasteiger partial charge in [0.15, 0.2) is 0 Å². The molecule has 0 fully saturated rings. The van der Waals surface area contributed by atoms with Crippen LogP contribution in [0.3, 0.4) is 0 Å². The molecule has 1 nitrogen and oxygen atoms in total. The van der Waals surface area contributed by atoms with Gasteiger partial charge in [-0.2, -0.15) is 0 Å². The molecule has 0 saturated heterocycles. The van der Waals surface area contributed by atoms with Gasteiger partial charge in [-0.05, 0) is 43.3 Å². The Bertz CT molecular complexity index is 698. The van der Waals surface area contributed by atoms with Crippen LogP contribution in [0.1, 0.15) is 5.69 Å². The van der Waals surface area contributed by atoms with E-state index in [1.807, 2.05) is 36.4 Å². The van der Waals surface area contributed by atoms with Gasteiger partial charge in [-0.15, -0.1) is 0 Å². The second kappa shape index (κ2) is 4.73. The van der Waals surface area contributed by atoms with Gasteiger partial charge in [0.05, 0.1) is 5.69 Å². The standard InChI is InChI=1S/C17H14FN/c1-13-10-11-17(14-6-5-7-15(18)12-14)19(13)16-8-3-2-4-9-16/h2-12H,1H3. The summed E-state index contributed by atoms with van der Waals surface area (Å²) in [4.78, 5) is 0. The van der Waals surface area contributed by atoms with Crippen LogP contribution in [0, 0.1) is 12.7 Å². The molecule has 0 atom stereocenters. The van der Waals surface area contributed by atoms with E-state index in [0.717, 1.165) is 22.6 Å². The number of halogens is 1. The number of para-hydroxylation sites is 1. The summed E-state index contributed by atoms with van der Waals surface area (Å²) in [6.07, 6.45) is 0. The van der Waals surface area contributed by atoms with Crippen molar-refractivity contribution in [3.8, 4) is 16.9 Å². The maximum Gasteiger partial charge on any atom is 0.123 e. The van der Waals surface area contributed by atoms with E-state index < -0.39 is 0 Å². The molecular weight excluding hydrogens is 237 g/mol. The van der Waals surface area contributed by atoms with Gasteiger partial charge in [-0.3, -0.25) is 0 Å². The molecule has 1 heterocycles. The summed E-state index contributed by atoms with van der Waals surface area (Å²) in [5, 5.41) is 0. The van der Waals surface area contributed by atoms with Crippen molar-refractivity contribution in [2.24, 2.45) is 0 Å². The molecule has 19 heavy (non-hydrogen) atoms. The minimum atomic E-state index is -0.212. The lowest BCUT2D eigenvalue weighted by Gasteiger charge is -2.12. The number of nitrogens with zero attached hydrogens (tertiary/aromatic N) is 1. The third kappa shape index (κ3) is 2.17. The molecule has 2 aromatic carbocycles. The molecule has 0 aliphatic carbocycles. The maximum absolute atomic E-state index is 13.4. The zero-order valence-corrected chi connectivity index (χ0v) is 10.7. The summed E-state index contributed by atoms with van der Waals surface area (Å²) in [5.74, 6) is -0.212. The Morgan fingerprint density at radius 2 is 1.63 bits per heavy atom. The minimum Gasteiger partial charge on any atom is -0.314 e. The smallest absolute Gasteiger partial charge is 0.123 e. The Morgan fingerprint density at radius 3 is 2.37 bits per heavy atom. The fourth-order valence-corrected chi connectivity index (χ4v) is 2.33. The first kappa shape index (κ1) is 11.7. The van der Waals surface area contributed by atoms with Gasteiger partial charge in [0.25, 0.3) is 0 Å². The molecule has 0 aliphatic rings. The Labute approximate surface area is 111 Å². The average molecular weight is 251 g/mol. The highest BCUT2D eigenvalue weighted by molar-refractivity contribution is 5.64. The monoisotopic (exact) mass is 251 g/mol. The van der Waals surface area contributed by atoms with E-state index in [0.29, 0.717) is 0 Å². The summed E-state index contributed by atoms with van der Waals surface area (Å²) >= 11 is 0. The Morgan fingerprint density at radius 1 is 0.842 bits per heavy atom. The Balaban J connectivity index is 2.19. The van der Waals surface area contributed by atoms with Crippen LogP contribution in [-0.4, -0.2) is 4.57 Å². The Kier molecular flexibility index (Phi) is 2.92. The largest absolute Gasteiger partial charge is 0.314 e. The molecule has 0 N–H and O–H groups in total. The third-order valence-electron chi connectivity index (χ3n) is 3.21. The highest BCUT2D eigenvalue weighted by atomic mass is 19.1. The van der Waals surface area contributed by atoms with Crippen molar-refractivity contribution in [1.82, 2.24) is 4.57 Å². The lowest BCUT2D eigenvalue weighted by Crippen LogP contribution is -1.98. The minimum absolute atomic E-state index is 0.212. The van der Waals surface area contributed by atoms with Gasteiger partial charge < -0.3 is 4.57 Å². The van der Waals surface area contributed by atoms with E-state index >= 15 is 0 Å². The summed E-state index contributed by atoms with van der Waals surface area (Å²) in [5.41, 5.74) is 4.11. The lowest BCUT2D eigenvalue weighted by molar-refractivity contribution is 0.628. The van der Waals surface area contributed by atoms with Crippen molar-refractivity contribution in [1.29, 1.82) is 0 Å². The van der Waals surface area contributed by atoms with E-state index in [-0.39, 0.29) is 5.82 Å². The van der Waals surface area contributed by atoms with Gasteiger partial charge >= 0.3 is 0 Å². The van der Waals surface area contributed by atoms with Crippen LogP contribution in [0.5, 0.6) is 0 Å². The molecule has 0 aliphatic heterocycles. The number of aromatic nitrogens is 1. The van der Waals surface area contributed by atoms with E-state index in [9.17, 15) is 4.39 Å². The zero-order chi connectivity index (χ0) is 13.2. The van der Waals surface area contributed by atoms with Crippen molar-refractivity contribution in [3.63, 3.8) is 0 Å². The van der Waals surface area contributed by atoms with Gasteiger partial charge in [-0.1, -0.05) is 30.3 Å². The van der Waals surface area contributed by atoms with Crippen molar-refractivity contribution < 1.29 is 4.39 Å². The molecule has 2 heteroatoms. The molecule has 0 amide bonds. The number of hydrogen-bond acceptors (Lipinski definition) is 0. The van der Waals surface area contributed by atoms with Crippen LogP contribution in [0.2, 0.25) is 0 Å². The summed E-state index contributed by atoms with van der Waals surface area (Å²) in [7, 11) is 0. The van der Waals surface area contributed by atoms with Gasteiger partial charge in [0.1, 0.15) is 5.82 Å². The zero-order valence-electron chi connectivity index (χ0n) is 10.7. The van der Waals surface area contributed by atoms with Crippen LogP contribution in [0.25, 0.3) is 16.9 Å².